The number of nitrogens with one attached hydrogen (secondary N) is 1. The average Bonchev–Trinajstić information content (AvgIpc) is 2.94. The third-order valence-electron chi connectivity index (χ3n) is 8.22. The summed E-state index contributed by atoms with van der Waals surface area (Å²) < 4.78 is 0. The van der Waals surface area contributed by atoms with Crippen LogP contribution >= 0.6 is 0 Å². The first-order chi connectivity index (χ1) is 18.5. The molecule has 0 bridgehead atoms. The third kappa shape index (κ3) is 5.53. The zero-order chi connectivity index (χ0) is 26.5. The van der Waals surface area contributed by atoms with E-state index in [0.29, 0.717) is 31.7 Å². The Bertz CT molecular complexity index is 1170. The van der Waals surface area contributed by atoms with Gasteiger partial charge in [-0.2, -0.15) is 0 Å². The topological polar surface area (TPSA) is 52.7 Å². The van der Waals surface area contributed by atoms with Gasteiger partial charge in [0.05, 0.1) is 0 Å². The summed E-state index contributed by atoms with van der Waals surface area (Å²) in [5.74, 6) is 0.381. The SMILES string of the molecule is CC(C)CC1NC(=O)C2(CCN(Cc3ccccc3)CC2)N(CC(c2ccccc2)c2ccccc2)C1=O. The van der Waals surface area contributed by atoms with Crippen LogP contribution in [0.4, 0.5) is 0 Å². The molecule has 1 spiro atoms. The van der Waals surface area contributed by atoms with Crippen LogP contribution in [0.2, 0.25) is 0 Å². The van der Waals surface area contributed by atoms with Gasteiger partial charge in [-0.1, -0.05) is 105 Å². The van der Waals surface area contributed by atoms with Gasteiger partial charge < -0.3 is 10.2 Å². The van der Waals surface area contributed by atoms with Crippen LogP contribution in [0.25, 0.3) is 0 Å². The second kappa shape index (κ2) is 11.5. The zero-order valence-electron chi connectivity index (χ0n) is 22.6. The van der Waals surface area contributed by atoms with Crippen molar-refractivity contribution >= 4 is 11.8 Å². The number of hydrogen-bond acceptors (Lipinski definition) is 3. The van der Waals surface area contributed by atoms with E-state index in [1.807, 2.05) is 23.1 Å². The molecule has 0 aliphatic carbocycles. The average molecular weight is 510 g/mol. The normalized spacial score (nSPS) is 19.8. The minimum atomic E-state index is -0.820. The van der Waals surface area contributed by atoms with E-state index in [2.05, 4.69) is 96.9 Å². The summed E-state index contributed by atoms with van der Waals surface area (Å²) in [7, 11) is 0. The Hall–Kier alpha value is -3.44. The molecule has 5 rings (SSSR count). The number of carbonyl (C=O) groups excluding carboxylic acids is 2. The number of piperazine rings is 1. The number of carbonyl (C=O) groups is 2. The van der Waals surface area contributed by atoms with Crippen molar-refractivity contribution in [2.45, 2.75) is 57.2 Å². The first-order valence-electron chi connectivity index (χ1n) is 13.9. The molecule has 198 valence electrons. The van der Waals surface area contributed by atoms with Crippen LogP contribution in [0.5, 0.6) is 0 Å². The fourth-order valence-electron chi connectivity index (χ4n) is 6.15. The van der Waals surface area contributed by atoms with E-state index in [1.165, 1.54) is 5.56 Å². The summed E-state index contributed by atoms with van der Waals surface area (Å²) >= 11 is 0. The molecule has 38 heavy (non-hydrogen) atoms. The fourth-order valence-corrected chi connectivity index (χ4v) is 6.15. The fraction of sp³-hybridized carbons (Fsp3) is 0.394. The second-order valence-corrected chi connectivity index (χ2v) is 11.3. The van der Waals surface area contributed by atoms with Crippen molar-refractivity contribution in [3.63, 3.8) is 0 Å². The minimum Gasteiger partial charge on any atom is -0.342 e. The maximum atomic E-state index is 14.1. The number of benzene rings is 3. The molecular weight excluding hydrogens is 470 g/mol. The monoisotopic (exact) mass is 509 g/mol. The molecule has 0 aromatic heterocycles. The highest BCUT2D eigenvalue weighted by molar-refractivity contribution is 6.00. The van der Waals surface area contributed by atoms with Crippen LogP contribution in [-0.4, -0.2) is 52.8 Å². The molecule has 1 unspecified atom stereocenters. The van der Waals surface area contributed by atoms with E-state index in [4.69, 9.17) is 0 Å². The van der Waals surface area contributed by atoms with Crippen molar-refractivity contribution in [1.29, 1.82) is 0 Å². The van der Waals surface area contributed by atoms with Crippen LogP contribution < -0.4 is 5.32 Å². The van der Waals surface area contributed by atoms with Crippen molar-refractivity contribution in [3.8, 4) is 0 Å². The van der Waals surface area contributed by atoms with Gasteiger partial charge in [0.2, 0.25) is 11.8 Å². The minimum absolute atomic E-state index is 0.00817. The lowest BCUT2D eigenvalue weighted by Crippen LogP contribution is -2.73. The van der Waals surface area contributed by atoms with E-state index in [9.17, 15) is 9.59 Å². The molecule has 3 aromatic rings. The molecule has 2 aliphatic heterocycles. The summed E-state index contributed by atoms with van der Waals surface area (Å²) in [6.07, 6.45) is 1.93. The van der Waals surface area contributed by atoms with E-state index in [-0.39, 0.29) is 17.7 Å². The van der Waals surface area contributed by atoms with Crippen LogP contribution in [0.1, 0.15) is 55.7 Å². The highest BCUT2D eigenvalue weighted by Crippen LogP contribution is 2.37. The number of piperidine rings is 1. The Morgan fingerprint density at radius 1 is 0.816 bits per heavy atom. The highest BCUT2D eigenvalue weighted by atomic mass is 16.2. The van der Waals surface area contributed by atoms with Crippen LogP contribution in [0, 0.1) is 5.92 Å². The molecule has 1 atom stereocenters. The van der Waals surface area contributed by atoms with E-state index in [1.54, 1.807) is 0 Å². The van der Waals surface area contributed by atoms with Gasteiger partial charge in [0, 0.05) is 32.1 Å². The van der Waals surface area contributed by atoms with Gasteiger partial charge in [0.15, 0.2) is 0 Å². The van der Waals surface area contributed by atoms with E-state index < -0.39 is 11.6 Å². The Kier molecular flexibility index (Phi) is 7.94. The zero-order valence-corrected chi connectivity index (χ0v) is 22.6. The number of nitrogens with zero attached hydrogens (tertiary/aromatic N) is 2. The largest absolute Gasteiger partial charge is 0.342 e. The van der Waals surface area contributed by atoms with E-state index >= 15 is 0 Å². The lowest BCUT2D eigenvalue weighted by molar-refractivity contribution is -0.162. The highest BCUT2D eigenvalue weighted by Gasteiger charge is 2.54. The summed E-state index contributed by atoms with van der Waals surface area (Å²) in [6, 6.07) is 30.8. The van der Waals surface area contributed by atoms with Crippen molar-refractivity contribution in [2.24, 2.45) is 5.92 Å². The maximum absolute atomic E-state index is 14.1. The van der Waals surface area contributed by atoms with Gasteiger partial charge in [-0.25, -0.2) is 0 Å². The van der Waals surface area contributed by atoms with Gasteiger partial charge in [-0.15, -0.1) is 0 Å². The van der Waals surface area contributed by atoms with Crippen LogP contribution in [0.15, 0.2) is 91.0 Å². The molecule has 5 nitrogen and oxygen atoms in total. The quantitative estimate of drug-likeness (QED) is 0.453. The van der Waals surface area contributed by atoms with E-state index in [0.717, 1.165) is 30.8 Å². The molecule has 1 N–H and O–H groups in total. The van der Waals surface area contributed by atoms with Crippen LogP contribution in [0.3, 0.4) is 0 Å². The van der Waals surface area contributed by atoms with Gasteiger partial charge >= 0.3 is 0 Å². The Morgan fingerprint density at radius 3 is 1.87 bits per heavy atom. The van der Waals surface area contributed by atoms with Crippen LogP contribution in [-0.2, 0) is 16.1 Å². The summed E-state index contributed by atoms with van der Waals surface area (Å²) in [4.78, 5) is 32.4. The van der Waals surface area contributed by atoms with Gasteiger partial charge in [0.1, 0.15) is 11.6 Å². The molecule has 2 heterocycles. The third-order valence-corrected chi connectivity index (χ3v) is 8.22. The lowest BCUT2D eigenvalue weighted by Gasteiger charge is -2.52. The smallest absolute Gasteiger partial charge is 0.246 e. The van der Waals surface area contributed by atoms with Crippen molar-refractivity contribution in [3.05, 3.63) is 108 Å². The molecule has 2 aliphatic rings. The maximum Gasteiger partial charge on any atom is 0.246 e. The number of amides is 2. The van der Waals surface area contributed by atoms with Crippen molar-refractivity contribution < 1.29 is 9.59 Å². The molecular formula is C33H39N3O2. The van der Waals surface area contributed by atoms with Gasteiger partial charge in [0.25, 0.3) is 0 Å². The molecule has 5 heteroatoms. The number of hydrogen-bond donors (Lipinski definition) is 1. The van der Waals surface area contributed by atoms with Gasteiger partial charge in [-0.3, -0.25) is 14.5 Å². The molecule has 2 fully saturated rings. The summed E-state index contributed by atoms with van der Waals surface area (Å²) in [5.41, 5.74) is 2.78. The molecule has 0 radical (unpaired) electrons. The summed E-state index contributed by atoms with van der Waals surface area (Å²) in [6.45, 7) is 7.12. The van der Waals surface area contributed by atoms with Crippen molar-refractivity contribution in [1.82, 2.24) is 15.1 Å². The lowest BCUT2D eigenvalue weighted by atomic mass is 9.79. The Labute approximate surface area is 226 Å². The standard InChI is InChI=1S/C33H39N3O2/c1-25(2)22-30-31(37)36(24-29(27-14-8-4-9-15-27)28-16-10-5-11-17-28)33(32(38)34-30)18-20-35(21-19-33)23-26-12-6-3-7-13-26/h3-17,25,29-30H,18-24H2,1-2H3,(H,34,38). The Morgan fingerprint density at radius 2 is 1.34 bits per heavy atom. The van der Waals surface area contributed by atoms with Crippen molar-refractivity contribution in [2.75, 3.05) is 19.6 Å². The number of rotatable bonds is 8. The predicted octanol–water partition coefficient (Wildman–Crippen LogP) is 5.23. The van der Waals surface area contributed by atoms with Gasteiger partial charge in [-0.05, 0) is 41.9 Å². The molecule has 2 saturated heterocycles. The molecule has 0 saturated carbocycles. The molecule has 3 aromatic carbocycles. The summed E-state index contributed by atoms with van der Waals surface area (Å²) in [5, 5.41) is 3.16. The first-order valence-corrected chi connectivity index (χ1v) is 13.9. The second-order valence-electron chi connectivity index (χ2n) is 11.3. The molecule has 2 amide bonds. The predicted molar refractivity (Wildman–Crippen MR) is 152 cm³/mol. The first kappa shape index (κ1) is 26.2. The number of likely N-dealkylation sites (tertiary alicyclic amines) is 1. The Balaban J connectivity index is 1.46.